The zero-order valence-electron chi connectivity index (χ0n) is 8.84. The van der Waals surface area contributed by atoms with Gasteiger partial charge in [-0.1, -0.05) is 0 Å². The Bertz CT molecular complexity index is 170. The molecule has 0 saturated carbocycles. The van der Waals surface area contributed by atoms with Crippen LogP contribution in [0.25, 0.3) is 0 Å². The highest BCUT2D eigenvalue weighted by Gasteiger charge is 2.42. The average Bonchev–Trinajstić information content (AvgIpc) is 2.32. The predicted octanol–water partition coefficient (Wildman–Crippen LogP) is 2.44. The van der Waals surface area contributed by atoms with E-state index in [1.54, 1.807) is 7.11 Å². The van der Waals surface area contributed by atoms with Crippen LogP contribution in [0.1, 0.15) is 27.2 Å². The molecular formula is C10H19ClO2. The molecule has 78 valence electrons. The Morgan fingerprint density at radius 2 is 2.23 bits per heavy atom. The van der Waals surface area contributed by atoms with Crippen molar-refractivity contribution in [1.29, 1.82) is 0 Å². The van der Waals surface area contributed by atoms with E-state index in [1.165, 1.54) is 0 Å². The second kappa shape index (κ2) is 4.16. The Morgan fingerprint density at radius 3 is 2.62 bits per heavy atom. The second-order valence-electron chi connectivity index (χ2n) is 4.36. The van der Waals surface area contributed by atoms with E-state index < -0.39 is 0 Å². The number of ether oxygens (including phenoxy) is 2. The van der Waals surface area contributed by atoms with Gasteiger partial charge in [-0.05, 0) is 27.2 Å². The van der Waals surface area contributed by atoms with Crippen molar-refractivity contribution in [2.45, 2.75) is 44.3 Å². The number of alkyl halides is 1. The van der Waals surface area contributed by atoms with Gasteiger partial charge in [-0.15, -0.1) is 11.6 Å². The first kappa shape index (κ1) is 11.3. The summed E-state index contributed by atoms with van der Waals surface area (Å²) in [5, 5.41) is 0.102. The van der Waals surface area contributed by atoms with Gasteiger partial charge in [0, 0.05) is 13.0 Å². The van der Waals surface area contributed by atoms with Crippen molar-refractivity contribution >= 4 is 11.6 Å². The molecule has 1 aliphatic heterocycles. The summed E-state index contributed by atoms with van der Waals surface area (Å²) >= 11 is 6.29. The van der Waals surface area contributed by atoms with Crippen LogP contribution in [0.4, 0.5) is 0 Å². The molecule has 0 aromatic rings. The largest absolute Gasteiger partial charge is 0.382 e. The second-order valence-corrected chi connectivity index (χ2v) is 4.83. The minimum Gasteiger partial charge on any atom is -0.382 e. The lowest BCUT2D eigenvalue weighted by atomic mass is 9.93. The van der Waals surface area contributed by atoms with Gasteiger partial charge < -0.3 is 9.47 Å². The van der Waals surface area contributed by atoms with Gasteiger partial charge in [-0.3, -0.25) is 0 Å². The molecule has 0 aromatic heterocycles. The number of halogens is 1. The molecular weight excluding hydrogens is 188 g/mol. The molecule has 1 saturated heterocycles. The molecule has 0 radical (unpaired) electrons. The highest BCUT2D eigenvalue weighted by molar-refractivity contribution is 6.21. The fourth-order valence-corrected chi connectivity index (χ4v) is 2.00. The van der Waals surface area contributed by atoms with Crippen molar-refractivity contribution in [1.82, 2.24) is 0 Å². The van der Waals surface area contributed by atoms with Crippen molar-refractivity contribution in [2.75, 3.05) is 13.7 Å². The Kier molecular flexibility index (Phi) is 3.61. The summed E-state index contributed by atoms with van der Waals surface area (Å²) in [6.45, 7) is 6.91. The third-order valence-electron chi connectivity index (χ3n) is 2.78. The molecule has 1 aliphatic rings. The molecule has 2 nitrogen and oxygen atoms in total. The summed E-state index contributed by atoms with van der Waals surface area (Å²) in [7, 11) is 1.73. The van der Waals surface area contributed by atoms with E-state index in [1.807, 2.05) is 13.8 Å². The molecule has 1 rings (SSSR count). The van der Waals surface area contributed by atoms with Gasteiger partial charge in [0.1, 0.15) is 0 Å². The van der Waals surface area contributed by atoms with Gasteiger partial charge in [0.25, 0.3) is 0 Å². The maximum Gasteiger partial charge on any atom is 0.0793 e. The monoisotopic (exact) mass is 206 g/mol. The van der Waals surface area contributed by atoms with Crippen LogP contribution in [0.2, 0.25) is 0 Å². The minimum absolute atomic E-state index is 0.102. The average molecular weight is 207 g/mol. The summed E-state index contributed by atoms with van der Waals surface area (Å²) in [4.78, 5) is 0. The maximum absolute atomic E-state index is 6.29. The SMILES string of the molecule is COC(C)CC1COC(C)(C)C1Cl. The van der Waals surface area contributed by atoms with Gasteiger partial charge in [0.15, 0.2) is 0 Å². The first-order valence-corrected chi connectivity index (χ1v) is 5.22. The molecule has 0 bridgehead atoms. The summed E-state index contributed by atoms with van der Waals surface area (Å²) in [6.07, 6.45) is 1.25. The van der Waals surface area contributed by atoms with Crippen molar-refractivity contribution in [3.8, 4) is 0 Å². The summed E-state index contributed by atoms with van der Waals surface area (Å²) in [5.41, 5.74) is -0.181. The third-order valence-corrected chi connectivity index (χ3v) is 3.67. The van der Waals surface area contributed by atoms with E-state index in [9.17, 15) is 0 Å². The molecule has 0 spiro atoms. The molecule has 0 amide bonds. The molecule has 0 aromatic carbocycles. The van der Waals surface area contributed by atoms with Crippen molar-refractivity contribution in [2.24, 2.45) is 5.92 Å². The van der Waals surface area contributed by atoms with E-state index in [0.29, 0.717) is 5.92 Å². The van der Waals surface area contributed by atoms with Crippen molar-refractivity contribution < 1.29 is 9.47 Å². The van der Waals surface area contributed by atoms with Gasteiger partial charge in [-0.25, -0.2) is 0 Å². The first-order valence-electron chi connectivity index (χ1n) is 4.78. The standard InChI is InChI=1S/C10H19ClO2/c1-7(12-4)5-8-6-13-10(2,3)9(8)11/h7-9H,5-6H2,1-4H3. The van der Waals surface area contributed by atoms with Crippen LogP contribution < -0.4 is 0 Å². The molecule has 3 atom stereocenters. The predicted molar refractivity (Wildman–Crippen MR) is 54.3 cm³/mol. The fraction of sp³-hybridized carbons (Fsp3) is 1.00. The summed E-state index contributed by atoms with van der Waals surface area (Å²) in [5.74, 6) is 0.423. The summed E-state index contributed by atoms with van der Waals surface area (Å²) < 4.78 is 10.8. The highest BCUT2D eigenvalue weighted by Crippen LogP contribution is 2.36. The first-order chi connectivity index (χ1) is 5.97. The van der Waals surface area contributed by atoms with Crippen LogP contribution in [0.5, 0.6) is 0 Å². The lowest BCUT2D eigenvalue weighted by Crippen LogP contribution is -2.31. The smallest absolute Gasteiger partial charge is 0.0793 e. The van der Waals surface area contributed by atoms with Gasteiger partial charge in [0.05, 0.1) is 23.7 Å². The number of methoxy groups -OCH3 is 1. The highest BCUT2D eigenvalue weighted by atomic mass is 35.5. The number of rotatable bonds is 3. The minimum atomic E-state index is -0.181. The molecule has 3 heteroatoms. The topological polar surface area (TPSA) is 18.5 Å². The van der Waals surface area contributed by atoms with Crippen LogP contribution in [-0.4, -0.2) is 30.8 Å². The number of hydrogen-bond acceptors (Lipinski definition) is 2. The van der Waals surface area contributed by atoms with E-state index >= 15 is 0 Å². The third kappa shape index (κ3) is 2.58. The van der Waals surface area contributed by atoms with Crippen molar-refractivity contribution in [3.05, 3.63) is 0 Å². The molecule has 3 unspecified atom stereocenters. The van der Waals surface area contributed by atoms with Crippen LogP contribution in [0.3, 0.4) is 0 Å². The molecule has 13 heavy (non-hydrogen) atoms. The maximum atomic E-state index is 6.29. The van der Waals surface area contributed by atoms with Crippen LogP contribution in [0, 0.1) is 5.92 Å². The van der Waals surface area contributed by atoms with E-state index in [-0.39, 0.29) is 17.1 Å². The molecule has 0 aliphatic carbocycles. The van der Waals surface area contributed by atoms with Crippen LogP contribution >= 0.6 is 11.6 Å². The lowest BCUT2D eigenvalue weighted by molar-refractivity contribution is 0.0341. The van der Waals surface area contributed by atoms with Gasteiger partial charge >= 0.3 is 0 Å². The van der Waals surface area contributed by atoms with Gasteiger partial charge in [-0.2, -0.15) is 0 Å². The molecule has 0 N–H and O–H groups in total. The Morgan fingerprint density at radius 1 is 1.62 bits per heavy atom. The number of hydrogen-bond donors (Lipinski definition) is 0. The van der Waals surface area contributed by atoms with Crippen LogP contribution in [0.15, 0.2) is 0 Å². The van der Waals surface area contributed by atoms with E-state index in [0.717, 1.165) is 13.0 Å². The fourth-order valence-electron chi connectivity index (χ4n) is 1.76. The lowest BCUT2D eigenvalue weighted by Gasteiger charge is -2.23. The van der Waals surface area contributed by atoms with E-state index in [2.05, 4.69) is 6.92 Å². The Hall–Kier alpha value is 0.210. The molecule has 1 heterocycles. The zero-order chi connectivity index (χ0) is 10.1. The van der Waals surface area contributed by atoms with Crippen LogP contribution in [-0.2, 0) is 9.47 Å². The van der Waals surface area contributed by atoms with Gasteiger partial charge in [0.2, 0.25) is 0 Å². The van der Waals surface area contributed by atoms with E-state index in [4.69, 9.17) is 21.1 Å². The Balaban J connectivity index is 2.46. The van der Waals surface area contributed by atoms with Crippen molar-refractivity contribution in [3.63, 3.8) is 0 Å². The zero-order valence-corrected chi connectivity index (χ0v) is 9.60. The normalized spacial score (nSPS) is 34.8. The Labute approximate surface area is 85.5 Å². The quantitative estimate of drug-likeness (QED) is 0.661. The molecule has 1 fully saturated rings. The summed E-state index contributed by atoms with van der Waals surface area (Å²) in [6, 6.07) is 0.